The third-order valence-electron chi connectivity index (χ3n) is 2.00. The number of nitrogens with one attached hydrogen (secondary N) is 1. The van der Waals surface area contributed by atoms with Gasteiger partial charge in [0, 0.05) is 19.5 Å². The van der Waals surface area contributed by atoms with E-state index >= 15 is 0 Å². The average molecular weight is 166 g/mol. The van der Waals surface area contributed by atoms with Crippen molar-refractivity contribution in [2.45, 2.75) is 32.6 Å². The Balaban J connectivity index is 2.09. The molecule has 1 aliphatic heterocycles. The lowest BCUT2D eigenvalue weighted by Gasteiger charge is -2.12. The molecule has 0 aromatic rings. The second-order valence-corrected chi connectivity index (χ2v) is 3.07. The van der Waals surface area contributed by atoms with Crippen LogP contribution in [-0.2, 0) is 0 Å². The number of rotatable bonds is 3. The first-order chi connectivity index (χ1) is 5.93. The van der Waals surface area contributed by atoms with Crippen LogP contribution in [0.25, 0.3) is 0 Å². The summed E-state index contributed by atoms with van der Waals surface area (Å²) in [4.78, 5) is 4.41. The summed E-state index contributed by atoms with van der Waals surface area (Å²) >= 11 is 0. The summed E-state index contributed by atoms with van der Waals surface area (Å²) in [6.45, 7) is 4.10. The van der Waals surface area contributed by atoms with Gasteiger partial charge in [-0.15, -0.1) is 0 Å². The molecule has 2 heteroatoms. The first-order valence-corrected chi connectivity index (χ1v) is 4.82. The van der Waals surface area contributed by atoms with Crippen molar-refractivity contribution in [2.24, 2.45) is 4.99 Å². The van der Waals surface area contributed by atoms with Crippen molar-refractivity contribution in [1.82, 2.24) is 5.32 Å². The zero-order valence-electron chi connectivity index (χ0n) is 7.84. The van der Waals surface area contributed by atoms with E-state index in [0.29, 0.717) is 0 Å². The van der Waals surface area contributed by atoms with E-state index in [1.807, 2.05) is 0 Å². The number of nitrogens with zero attached hydrogens (tertiary/aromatic N) is 1. The molecule has 1 aliphatic rings. The first kappa shape index (κ1) is 9.30. The molecular formula is C10H18N2. The lowest BCUT2D eigenvalue weighted by Crippen LogP contribution is -2.26. The van der Waals surface area contributed by atoms with Crippen LogP contribution in [0.5, 0.6) is 0 Å². The molecule has 12 heavy (non-hydrogen) atoms. The van der Waals surface area contributed by atoms with Crippen molar-refractivity contribution in [3.8, 4) is 0 Å². The molecule has 0 aromatic heterocycles. The summed E-state index contributed by atoms with van der Waals surface area (Å²) in [7, 11) is 0. The lowest BCUT2D eigenvalue weighted by molar-refractivity contribution is 0.706. The number of allylic oxidation sites excluding steroid dienone is 1. The standard InChI is InChI=1S/C10H18N2/c1-2-3-5-8-11-10-7-4-6-9-12-10/h2-3H,4-9H2,1H3,(H,11,12)/b3-2+. The quantitative estimate of drug-likeness (QED) is 0.504. The highest BCUT2D eigenvalue weighted by Gasteiger charge is 2.02. The van der Waals surface area contributed by atoms with Crippen molar-refractivity contribution >= 4 is 5.84 Å². The van der Waals surface area contributed by atoms with Gasteiger partial charge in [0.1, 0.15) is 0 Å². The summed E-state index contributed by atoms with van der Waals surface area (Å²) in [6, 6.07) is 0. The van der Waals surface area contributed by atoms with Crippen LogP contribution >= 0.6 is 0 Å². The predicted octanol–water partition coefficient (Wildman–Crippen LogP) is 2.12. The molecular weight excluding hydrogens is 148 g/mol. The van der Waals surface area contributed by atoms with E-state index in [9.17, 15) is 0 Å². The molecule has 0 unspecified atom stereocenters. The molecule has 1 N–H and O–H groups in total. The van der Waals surface area contributed by atoms with Gasteiger partial charge >= 0.3 is 0 Å². The maximum absolute atomic E-state index is 4.41. The SMILES string of the molecule is C/C=C/CCNC1=NCCCC1. The Morgan fingerprint density at radius 3 is 3.08 bits per heavy atom. The smallest absolute Gasteiger partial charge is 0.0963 e. The van der Waals surface area contributed by atoms with E-state index in [0.717, 1.165) is 25.9 Å². The van der Waals surface area contributed by atoms with Crippen molar-refractivity contribution in [3.05, 3.63) is 12.2 Å². The lowest BCUT2D eigenvalue weighted by atomic mass is 10.2. The van der Waals surface area contributed by atoms with Crippen molar-refractivity contribution in [1.29, 1.82) is 0 Å². The molecule has 0 saturated heterocycles. The number of amidine groups is 1. The largest absolute Gasteiger partial charge is 0.374 e. The third-order valence-corrected chi connectivity index (χ3v) is 2.00. The van der Waals surface area contributed by atoms with Crippen molar-refractivity contribution < 1.29 is 0 Å². The molecule has 0 fully saturated rings. The van der Waals surface area contributed by atoms with Crippen LogP contribution < -0.4 is 5.32 Å². The van der Waals surface area contributed by atoms with E-state index < -0.39 is 0 Å². The fraction of sp³-hybridized carbons (Fsp3) is 0.700. The van der Waals surface area contributed by atoms with Gasteiger partial charge in [-0.2, -0.15) is 0 Å². The number of hydrogen-bond donors (Lipinski definition) is 1. The summed E-state index contributed by atoms with van der Waals surface area (Å²) < 4.78 is 0. The van der Waals surface area contributed by atoms with Crippen LogP contribution in [0.4, 0.5) is 0 Å². The Hall–Kier alpha value is -0.790. The second-order valence-electron chi connectivity index (χ2n) is 3.07. The molecule has 0 spiro atoms. The van der Waals surface area contributed by atoms with Crippen LogP contribution in [0.1, 0.15) is 32.6 Å². The topological polar surface area (TPSA) is 24.4 Å². The molecule has 0 radical (unpaired) electrons. The van der Waals surface area contributed by atoms with E-state index in [-0.39, 0.29) is 0 Å². The van der Waals surface area contributed by atoms with E-state index in [4.69, 9.17) is 0 Å². The number of aliphatic imine (C=N–C) groups is 1. The zero-order valence-corrected chi connectivity index (χ0v) is 7.84. The summed E-state index contributed by atoms with van der Waals surface area (Å²) in [5, 5.41) is 3.36. The van der Waals surface area contributed by atoms with Gasteiger partial charge in [0.15, 0.2) is 0 Å². The van der Waals surface area contributed by atoms with E-state index in [1.165, 1.54) is 18.7 Å². The minimum Gasteiger partial charge on any atom is -0.374 e. The summed E-state index contributed by atoms with van der Waals surface area (Å²) in [5.41, 5.74) is 0. The first-order valence-electron chi connectivity index (χ1n) is 4.82. The Kier molecular flexibility index (Phi) is 4.50. The van der Waals surface area contributed by atoms with Crippen LogP contribution in [0.15, 0.2) is 17.1 Å². The van der Waals surface area contributed by atoms with Crippen LogP contribution in [-0.4, -0.2) is 18.9 Å². The molecule has 0 saturated carbocycles. The molecule has 68 valence electrons. The predicted molar refractivity (Wildman–Crippen MR) is 53.6 cm³/mol. The highest BCUT2D eigenvalue weighted by atomic mass is 15.0. The van der Waals surface area contributed by atoms with Gasteiger partial charge in [0.2, 0.25) is 0 Å². The fourth-order valence-electron chi connectivity index (χ4n) is 1.31. The fourth-order valence-corrected chi connectivity index (χ4v) is 1.31. The Morgan fingerprint density at radius 2 is 2.42 bits per heavy atom. The average Bonchev–Trinajstić information content (AvgIpc) is 2.14. The molecule has 0 bridgehead atoms. The Bertz CT molecular complexity index is 171. The van der Waals surface area contributed by atoms with Gasteiger partial charge in [0.05, 0.1) is 5.84 Å². The third kappa shape index (κ3) is 3.56. The van der Waals surface area contributed by atoms with Gasteiger partial charge in [-0.1, -0.05) is 12.2 Å². The maximum Gasteiger partial charge on any atom is 0.0963 e. The Morgan fingerprint density at radius 1 is 1.50 bits per heavy atom. The minimum atomic E-state index is 1.02. The van der Waals surface area contributed by atoms with Crippen LogP contribution in [0, 0.1) is 0 Å². The molecule has 0 aromatic carbocycles. The molecule has 1 heterocycles. The summed E-state index contributed by atoms with van der Waals surface area (Å²) in [6.07, 6.45) is 9.08. The molecule has 0 amide bonds. The minimum absolute atomic E-state index is 1.02. The van der Waals surface area contributed by atoms with E-state index in [2.05, 4.69) is 29.4 Å². The number of hydrogen-bond acceptors (Lipinski definition) is 2. The van der Waals surface area contributed by atoms with Gasteiger partial charge in [0.25, 0.3) is 0 Å². The van der Waals surface area contributed by atoms with Gasteiger partial charge in [-0.05, 0) is 26.2 Å². The van der Waals surface area contributed by atoms with Gasteiger partial charge in [-0.25, -0.2) is 0 Å². The summed E-state index contributed by atoms with van der Waals surface area (Å²) in [5.74, 6) is 1.21. The Labute approximate surface area is 74.8 Å². The second kappa shape index (κ2) is 5.81. The van der Waals surface area contributed by atoms with Gasteiger partial charge in [-0.3, -0.25) is 4.99 Å². The van der Waals surface area contributed by atoms with Gasteiger partial charge < -0.3 is 5.32 Å². The zero-order chi connectivity index (χ0) is 8.65. The highest BCUT2D eigenvalue weighted by molar-refractivity contribution is 5.82. The molecule has 0 aliphatic carbocycles. The molecule has 1 rings (SSSR count). The molecule has 2 nitrogen and oxygen atoms in total. The van der Waals surface area contributed by atoms with Crippen LogP contribution in [0.3, 0.4) is 0 Å². The normalized spacial score (nSPS) is 17.9. The van der Waals surface area contributed by atoms with E-state index in [1.54, 1.807) is 0 Å². The maximum atomic E-state index is 4.41. The monoisotopic (exact) mass is 166 g/mol. The van der Waals surface area contributed by atoms with Crippen molar-refractivity contribution in [2.75, 3.05) is 13.1 Å². The molecule has 0 atom stereocenters. The van der Waals surface area contributed by atoms with Crippen molar-refractivity contribution in [3.63, 3.8) is 0 Å². The highest BCUT2D eigenvalue weighted by Crippen LogP contribution is 2.03. The van der Waals surface area contributed by atoms with Crippen LogP contribution in [0.2, 0.25) is 0 Å².